The average molecular weight is 315 g/mol. The molecule has 0 radical (unpaired) electrons. The van der Waals surface area contributed by atoms with Crippen molar-refractivity contribution in [2.75, 3.05) is 45.8 Å². The van der Waals surface area contributed by atoms with Gasteiger partial charge in [-0.3, -0.25) is 0 Å². The van der Waals surface area contributed by atoms with Crippen molar-refractivity contribution >= 4 is 15.9 Å². The van der Waals surface area contributed by atoms with E-state index in [9.17, 15) is 8.42 Å². The minimum absolute atomic E-state index is 0.204. The third-order valence-electron chi connectivity index (χ3n) is 3.12. The van der Waals surface area contributed by atoms with Gasteiger partial charge in [0.05, 0.1) is 6.61 Å². The lowest BCUT2D eigenvalue weighted by Gasteiger charge is -2.26. The number of hydrogen-bond donors (Lipinski definition) is 1. The molecule has 7 heteroatoms. The standard InChI is InChI=1S/C14H25N3O3S/c1-13(12-16(2)14-8-6-5-7-9-14)15-21(18,19)17(3)10-11-20-4/h5-9,13,15H,10-12H2,1-4H3. The maximum absolute atomic E-state index is 12.1. The van der Waals surface area contributed by atoms with E-state index in [1.54, 1.807) is 7.11 Å². The number of anilines is 1. The Labute approximate surface area is 127 Å². The Balaban J connectivity index is 2.54. The third kappa shape index (κ3) is 6.01. The monoisotopic (exact) mass is 315 g/mol. The van der Waals surface area contributed by atoms with E-state index in [1.807, 2.05) is 49.2 Å². The molecule has 0 saturated heterocycles. The zero-order chi connectivity index (χ0) is 15.9. The van der Waals surface area contributed by atoms with E-state index in [0.717, 1.165) is 5.69 Å². The number of nitrogens with one attached hydrogen (secondary N) is 1. The van der Waals surface area contributed by atoms with Crippen LogP contribution in [0.4, 0.5) is 5.69 Å². The first-order valence-electron chi connectivity index (χ1n) is 6.85. The summed E-state index contributed by atoms with van der Waals surface area (Å²) in [5.74, 6) is 0. The normalized spacial score (nSPS) is 13.4. The lowest BCUT2D eigenvalue weighted by Crippen LogP contribution is -2.47. The van der Waals surface area contributed by atoms with Gasteiger partial charge in [0.1, 0.15) is 0 Å². The molecule has 0 saturated carbocycles. The van der Waals surface area contributed by atoms with Gasteiger partial charge < -0.3 is 9.64 Å². The second-order valence-electron chi connectivity index (χ2n) is 5.05. The van der Waals surface area contributed by atoms with Crippen LogP contribution in [-0.4, -0.2) is 59.7 Å². The fourth-order valence-corrected chi connectivity index (χ4v) is 3.00. The number of para-hydroxylation sites is 1. The largest absolute Gasteiger partial charge is 0.383 e. The second kappa shape index (κ2) is 8.33. The van der Waals surface area contributed by atoms with Gasteiger partial charge in [-0.15, -0.1) is 0 Å². The molecule has 0 spiro atoms. The molecular weight excluding hydrogens is 290 g/mol. The van der Waals surface area contributed by atoms with Crippen LogP contribution in [0, 0.1) is 0 Å². The first kappa shape index (κ1) is 17.9. The second-order valence-corrected chi connectivity index (χ2v) is 6.86. The Morgan fingerprint density at radius 2 is 1.86 bits per heavy atom. The van der Waals surface area contributed by atoms with Crippen LogP contribution in [-0.2, 0) is 14.9 Å². The molecule has 0 fully saturated rings. The molecule has 1 aromatic carbocycles. The highest BCUT2D eigenvalue weighted by Crippen LogP contribution is 2.11. The van der Waals surface area contributed by atoms with Crippen molar-refractivity contribution in [1.29, 1.82) is 0 Å². The number of nitrogens with zero attached hydrogens (tertiary/aromatic N) is 2. The molecule has 0 aliphatic carbocycles. The summed E-state index contributed by atoms with van der Waals surface area (Å²) < 4.78 is 33.0. The molecule has 1 aromatic rings. The van der Waals surface area contributed by atoms with E-state index in [-0.39, 0.29) is 6.04 Å². The molecule has 0 aromatic heterocycles. The van der Waals surface area contributed by atoms with Crippen LogP contribution in [0.3, 0.4) is 0 Å². The van der Waals surface area contributed by atoms with E-state index in [1.165, 1.54) is 11.4 Å². The van der Waals surface area contributed by atoms with Crippen molar-refractivity contribution in [2.45, 2.75) is 13.0 Å². The fourth-order valence-electron chi connectivity index (χ4n) is 1.92. The molecule has 1 N–H and O–H groups in total. The molecule has 1 atom stereocenters. The topological polar surface area (TPSA) is 61.9 Å². The predicted octanol–water partition coefficient (Wildman–Crippen LogP) is 0.924. The molecule has 0 bridgehead atoms. The highest BCUT2D eigenvalue weighted by atomic mass is 32.2. The average Bonchev–Trinajstić information content (AvgIpc) is 2.44. The highest BCUT2D eigenvalue weighted by Gasteiger charge is 2.20. The zero-order valence-electron chi connectivity index (χ0n) is 13.1. The Hall–Kier alpha value is -1.15. The van der Waals surface area contributed by atoms with E-state index < -0.39 is 10.2 Å². The van der Waals surface area contributed by atoms with Crippen LogP contribution in [0.1, 0.15) is 6.92 Å². The Bertz CT molecular complexity index is 507. The van der Waals surface area contributed by atoms with Crippen molar-refractivity contribution in [1.82, 2.24) is 9.03 Å². The summed E-state index contributed by atoms with van der Waals surface area (Å²) in [6.45, 7) is 3.13. The van der Waals surface area contributed by atoms with Crippen molar-refractivity contribution in [2.24, 2.45) is 0 Å². The van der Waals surface area contributed by atoms with Gasteiger partial charge in [0.25, 0.3) is 10.2 Å². The molecule has 1 rings (SSSR count). The van der Waals surface area contributed by atoms with Crippen LogP contribution in [0.25, 0.3) is 0 Å². The predicted molar refractivity (Wildman–Crippen MR) is 85.7 cm³/mol. The van der Waals surface area contributed by atoms with Crippen LogP contribution < -0.4 is 9.62 Å². The SMILES string of the molecule is COCCN(C)S(=O)(=O)NC(C)CN(C)c1ccccc1. The van der Waals surface area contributed by atoms with Gasteiger partial charge in [-0.25, -0.2) is 0 Å². The van der Waals surface area contributed by atoms with E-state index >= 15 is 0 Å². The lowest BCUT2D eigenvalue weighted by atomic mass is 10.2. The maximum Gasteiger partial charge on any atom is 0.279 e. The first-order chi connectivity index (χ1) is 9.86. The number of likely N-dealkylation sites (N-methyl/N-ethyl adjacent to an activating group) is 2. The molecule has 120 valence electrons. The van der Waals surface area contributed by atoms with Crippen LogP contribution in [0.5, 0.6) is 0 Å². The Morgan fingerprint density at radius 3 is 2.43 bits per heavy atom. The molecule has 0 heterocycles. The highest BCUT2D eigenvalue weighted by molar-refractivity contribution is 7.87. The number of benzene rings is 1. The summed E-state index contributed by atoms with van der Waals surface area (Å²) >= 11 is 0. The summed E-state index contributed by atoms with van der Waals surface area (Å²) in [5.41, 5.74) is 1.05. The summed E-state index contributed by atoms with van der Waals surface area (Å²) in [6.07, 6.45) is 0. The summed E-state index contributed by atoms with van der Waals surface area (Å²) in [7, 11) is 1.54. The van der Waals surface area contributed by atoms with Gasteiger partial charge in [0, 0.05) is 46.0 Å². The van der Waals surface area contributed by atoms with Crippen LogP contribution >= 0.6 is 0 Å². The minimum Gasteiger partial charge on any atom is -0.383 e. The number of ether oxygens (including phenoxy) is 1. The minimum atomic E-state index is -3.48. The van der Waals surface area contributed by atoms with Crippen molar-refractivity contribution in [3.63, 3.8) is 0 Å². The van der Waals surface area contributed by atoms with Gasteiger partial charge in [-0.1, -0.05) is 18.2 Å². The maximum atomic E-state index is 12.1. The molecule has 0 amide bonds. The smallest absolute Gasteiger partial charge is 0.279 e. The fraction of sp³-hybridized carbons (Fsp3) is 0.571. The van der Waals surface area contributed by atoms with Gasteiger partial charge in [0.2, 0.25) is 0 Å². The van der Waals surface area contributed by atoms with Gasteiger partial charge in [0.15, 0.2) is 0 Å². The summed E-state index contributed by atoms with van der Waals surface area (Å²) in [4.78, 5) is 2.02. The number of rotatable bonds is 9. The Morgan fingerprint density at radius 1 is 1.24 bits per heavy atom. The van der Waals surface area contributed by atoms with Crippen molar-refractivity contribution < 1.29 is 13.2 Å². The molecule has 0 aliphatic rings. The third-order valence-corrected chi connectivity index (χ3v) is 4.82. The quantitative estimate of drug-likeness (QED) is 0.736. The number of methoxy groups -OCH3 is 1. The molecule has 6 nitrogen and oxygen atoms in total. The molecule has 0 aliphatic heterocycles. The Kier molecular flexibility index (Phi) is 7.10. The first-order valence-corrected chi connectivity index (χ1v) is 8.29. The molecule has 1 unspecified atom stereocenters. The van der Waals surface area contributed by atoms with Crippen LogP contribution in [0.2, 0.25) is 0 Å². The van der Waals surface area contributed by atoms with Gasteiger partial charge in [-0.05, 0) is 19.1 Å². The van der Waals surface area contributed by atoms with Gasteiger partial charge >= 0.3 is 0 Å². The van der Waals surface area contributed by atoms with E-state index in [4.69, 9.17) is 4.74 Å². The van der Waals surface area contributed by atoms with Crippen molar-refractivity contribution in [3.8, 4) is 0 Å². The summed E-state index contributed by atoms with van der Waals surface area (Å²) in [6, 6.07) is 9.65. The number of hydrogen-bond acceptors (Lipinski definition) is 4. The lowest BCUT2D eigenvalue weighted by molar-refractivity contribution is 0.184. The van der Waals surface area contributed by atoms with Crippen molar-refractivity contribution in [3.05, 3.63) is 30.3 Å². The molecular formula is C14H25N3O3S. The van der Waals surface area contributed by atoms with Crippen LogP contribution in [0.15, 0.2) is 30.3 Å². The van der Waals surface area contributed by atoms with E-state index in [0.29, 0.717) is 19.7 Å². The molecule has 21 heavy (non-hydrogen) atoms. The van der Waals surface area contributed by atoms with E-state index in [2.05, 4.69) is 4.72 Å². The summed E-state index contributed by atoms with van der Waals surface area (Å²) in [5, 5.41) is 0. The van der Waals surface area contributed by atoms with Gasteiger partial charge in [-0.2, -0.15) is 17.4 Å². The zero-order valence-corrected chi connectivity index (χ0v) is 13.9.